The number of carbonyl (C=O) groups excluding carboxylic acids is 1. The highest BCUT2D eigenvalue weighted by Gasteiger charge is 2.23. The molecule has 4 N–H and O–H groups in total. The van der Waals surface area contributed by atoms with Gasteiger partial charge in [0.1, 0.15) is 11.4 Å². The number of nitrogens with one attached hydrogen (secondary N) is 1. The summed E-state index contributed by atoms with van der Waals surface area (Å²) >= 11 is 0. The van der Waals surface area contributed by atoms with Gasteiger partial charge in [-0.25, -0.2) is 10.1 Å². The van der Waals surface area contributed by atoms with E-state index in [-0.39, 0.29) is 35.4 Å². The number of hydrogen-bond donors (Lipinski definition) is 3. The number of phenols is 1. The van der Waals surface area contributed by atoms with Crippen LogP contribution in [0.4, 0.5) is 5.82 Å². The van der Waals surface area contributed by atoms with Gasteiger partial charge in [-0.3, -0.25) is 4.79 Å². The topological polar surface area (TPSA) is 167 Å². The fraction of sp³-hybridized carbons (Fsp3) is 0.143. The van der Waals surface area contributed by atoms with E-state index in [1.165, 1.54) is 24.1 Å². The lowest BCUT2D eigenvalue weighted by Crippen LogP contribution is -2.20. The molecule has 3 rings (SSSR count). The van der Waals surface area contributed by atoms with Crippen molar-refractivity contribution >= 4 is 17.9 Å². The average molecular weight is 358 g/mol. The van der Waals surface area contributed by atoms with Gasteiger partial charge in [0.2, 0.25) is 11.6 Å². The lowest BCUT2D eigenvalue weighted by Gasteiger charge is -2.04. The van der Waals surface area contributed by atoms with Crippen LogP contribution in [0.3, 0.4) is 0 Å². The molecule has 0 aliphatic heterocycles. The summed E-state index contributed by atoms with van der Waals surface area (Å²) in [6.07, 6.45) is 1.30. The first-order valence-electron chi connectivity index (χ1n) is 7.25. The minimum atomic E-state index is -0.634. The summed E-state index contributed by atoms with van der Waals surface area (Å²) in [4.78, 5) is 12.3. The van der Waals surface area contributed by atoms with Gasteiger partial charge in [-0.1, -0.05) is 17.3 Å². The Bertz CT molecular complexity index is 948. The Morgan fingerprint density at radius 2 is 2.27 bits per heavy atom. The van der Waals surface area contributed by atoms with Gasteiger partial charge in [0.15, 0.2) is 5.69 Å². The van der Waals surface area contributed by atoms with Crippen LogP contribution >= 0.6 is 0 Å². The largest absolute Gasteiger partial charge is 0.507 e. The van der Waals surface area contributed by atoms with Crippen LogP contribution in [0.2, 0.25) is 0 Å². The fourth-order valence-electron chi connectivity index (χ4n) is 2.06. The highest BCUT2D eigenvalue weighted by atomic mass is 16.6. The number of methoxy groups -OCH3 is 1. The van der Waals surface area contributed by atoms with E-state index in [1.807, 2.05) is 0 Å². The molecular weight excluding hydrogens is 344 g/mol. The number of nitrogens with zero attached hydrogens (tertiary/aromatic N) is 6. The first-order valence-corrected chi connectivity index (χ1v) is 7.25. The number of phenolic OH excluding ortho intramolecular Hbond substituents is 1. The van der Waals surface area contributed by atoms with E-state index in [9.17, 15) is 9.90 Å². The number of amides is 1. The van der Waals surface area contributed by atoms with Gasteiger partial charge < -0.3 is 15.6 Å². The number of carbonyl (C=O) groups is 1. The number of ether oxygens (including phenoxy) is 1. The first kappa shape index (κ1) is 17.0. The summed E-state index contributed by atoms with van der Waals surface area (Å²) in [6.45, 7) is 0.00520. The third kappa shape index (κ3) is 3.34. The number of aromatic hydroxyl groups is 1. The number of hydrazone groups is 1. The van der Waals surface area contributed by atoms with E-state index in [0.717, 1.165) is 0 Å². The summed E-state index contributed by atoms with van der Waals surface area (Å²) in [6, 6.07) is 6.53. The molecule has 0 fully saturated rings. The van der Waals surface area contributed by atoms with Gasteiger partial charge in [-0.05, 0) is 22.4 Å². The number of rotatable bonds is 6. The second-order valence-electron chi connectivity index (χ2n) is 4.96. The van der Waals surface area contributed by atoms with E-state index in [4.69, 9.17) is 10.5 Å². The van der Waals surface area contributed by atoms with Gasteiger partial charge >= 0.3 is 0 Å². The van der Waals surface area contributed by atoms with Crippen molar-refractivity contribution in [2.45, 2.75) is 6.61 Å². The predicted octanol–water partition coefficient (Wildman–Crippen LogP) is -0.152. The molecule has 1 aromatic carbocycles. The van der Waals surface area contributed by atoms with Gasteiger partial charge in [0, 0.05) is 12.7 Å². The van der Waals surface area contributed by atoms with Crippen molar-refractivity contribution in [1.29, 1.82) is 0 Å². The Kier molecular flexibility index (Phi) is 4.85. The van der Waals surface area contributed by atoms with Gasteiger partial charge in [0.05, 0.1) is 12.8 Å². The van der Waals surface area contributed by atoms with Crippen molar-refractivity contribution in [3.05, 3.63) is 41.2 Å². The summed E-state index contributed by atoms with van der Waals surface area (Å²) in [5.74, 6) is -0.534. The third-order valence-electron chi connectivity index (χ3n) is 3.26. The van der Waals surface area contributed by atoms with E-state index in [2.05, 4.69) is 35.8 Å². The smallest absolute Gasteiger partial charge is 0.293 e. The third-order valence-corrected chi connectivity index (χ3v) is 3.26. The second kappa shape index (κ2) is 7.40. The maximum atomic E-state index is 12.3. The molecule has 134 valence electrons. The lowest BCUT2D eigenvalue weighted by atomic mass is 10.2. The van der Waals surface area contributed by atoms with Gasteiger partial charge in [0.25, 0.3) is 5.91 Å². The monoisotopic (exact) mass is 358 g/mol. The molecule has 0 saturated carbocycles. The highest BCUT2D eigenvalue weighted by molar-refractivity contribution is 5.94. The molecule has 3 aromatic rings. The van der Waals surface area contributed by atoms with E-state index >= 15 is 0 Å². The summed E-state index contributed by atoms with van der Waals surface area (Å²) in [5.41, 5.74) is 8.63. The van der Waals surface area contributed by atoms with Crippen molar-refractivity contribution in [2.24, 2.45) is 5.10 Å². The van der Waals surface area contributed by atoms with Crippen molar-refractivity contribution in [3.63, 3.8) is 0 Å². The number of aromatic nitrogens is 5. The zero-order valence-electron chi connectivity index (χ0n) is 13.5. The molecule has 0 spiro atoms. The van der Waals surface area contributed by atoms with Crippen LogP contribution in [0.5, 0.6) is 5.75 Å². The lowest BCUT2D eigenvalue weighted by molar-refractivity contribution is 0.0944. The molecule has 0 radical (unpaired) electrons. The Morgan fingerprint density at radius 1 is 1.46 bits per heavy atom. The van der Waals surface area contributed by atoms with Crippen LogP contribution in [0.25, 0.3) is 5.82 Å². The zero-order chi connectivity index (χ0) is 18.5. The van der Waals surface area contributed by atoms with Crippen LogP contribution in [0, 0.1) is 0 Å². The molecular formula is C14H14N8O4. The molecule has 12 heteroatoms. The molecule has 26 heavy (non-hydrogen) atoms. The molecule has 0 atom stereocenters. The van der Waals surface area contributed by atoms with Crippen molar-refractivity contribution in [2.75, 3.05) is 12.8 Å². The van der Waals surface area contributed by atoms with Crippen LogP contribution < -0.4 is 11.2 Å². The number of anilines is 1. The van der Waals surface area contributed by atoms with Crippen molar-refractivity contribution < 1.29 is 19.3 Å². The quantitative estimate of drug-likeness (QED) is 0.401. The highest BCUT2D eigenvalue weighted by Crippen LogP contribution is 2.16. The second-order valence-corrected chi connectivity index (χ2v) is 4.96. The first-order chi connectivity index (χ1) is 12.6. The summed E-state index contributed by atoms with van der Waals surface area (Å²) < 4.78 is 10.8. The normalized spacial score (nSPS) is 11.1. The maximum absolute atomic E-state index is 12.3. The minimum absolute atomic E-state index is 0.00520. The van der Waals surface area contributed by atoms with Gasteiger partial charge in [-0.15, -0.1) is 5.10 Å². The van der Waals surface area contributed by atoms with Crippen molar-refractivity contribution in [3.8, 4) is 11.6 Å². The number of hydrogen-bond acceptors (Lipinski definition) is 10. The number of benzene rings is 1. The van der Waals surface area contributed by atoms with Crippen LogP contribution in [0.1, 0.15) is 21.7 Å². The molecule has 0 aliphatic carbocycles. The SMILES string of the molecule is COCc1c(C(=O)NN=Cc2ccccc2O)nnn1-c1nonc1N. The fourth-order valence-corrected chi connectivity index (χ4v) is 2.06. The average Bonchev–Trinajstić information content (AvgIpc) is 3.23. The van der Waals surface area contributed by atoms with E-state index in [1.54, 1.807) is 18.2 Å². The predicted molar refractivity (Wildman–Crippen MR) is 87.5 cm³/mol. The number of nitrogens with two attached hydrogens (primary N) is 1. The molecule has 2 aromatic heterocycles. The van der Waals surface area contributed by atoms with Gasteiger partial charge in [-0.2, -0.15) is 9.78 Å². The molecule has 12 nitrogen and oxygen atoms in total. The van der Waals surface area contributed by atoms with E-state index < -0.39 is 5.91 Å². The molecule has 0 aliphatic rings. The number of nitrogen functional groups attached to an aromatic ring is 1. The molecule has 2 heterocycles. The van der Waals surface area contributed by atoms with Crippen LogP contribution in [0.15, 0.2) is 34.0 Å². The Morgan fingerprint density at radius 3 is 2.96 bits per heavy atom. The van der Waals surface area contributed by atoms with Crippen LogP contribution in [-0.4, -0.2) is 49.6 Å². The molecule has 0 saturated heterocycles. The van der Waals surface area contributed by atoms with E-state index in [0.29, 0.717) is 5.56 Å². The molecule has 1 amide bonds. The zero-order valence-corrected chi connectivity index (χ0v) is 13.5. The molecule has 0 bridgehead atoms. The molecule has 0 unspecified atom stereocenters. The Balaban J connectivity index is 1.82. The Labute approximate surface area is 146 Å². The summed E-state index contributed by atoms with van der Waals surface area (Å²) in [7, 11) is 1.44. The number of para-hydroxylation sites is 1. The standard InChI is InChI=1S/C14H14N8O4/c1-25-7-9-11(17-21-22(9)13-12(15)19-26-20-13)14(24)18-16-6-8-4-2-3-5-10(8)23/h2-6,23H,7H2,1H3,(H2,15,19)(H,18,24). The Hall–Kier alpha value is -3.80. The maximum Gasteiger partial charge on any atom is 0.293 e. The summed E-state index contributed by atoms with van der Waals surface area (Å²) in [5, 5.41) is 28.2. The van der Waals surface area contributed by atoms with Crippen molar-refractivity contribution in [1.82, 2.24) is 30.7 Å². The minimum Gasteiger partial charge on any atom is -0.507 e. The van der Waals surface area contributed by atoms with Crippen LogP contribution in [-0.2, 0) is 11.3 Å².